The largest absolute Gasteiger partial charge is 0.438 e. The molecule has 4 rings (SSSR count). The summed E-state index contributed by atoms with van der Waals surface area (Å²) < 4.78 is 37.7. The Labute approximate surface area is 176 Å². The minimum absolute atomic E-state index is 0.0329. The molecule has 30 heavy (non-hydrogen) atoms. The molecule has 1 N–H and O–H groups in total. The molecular weight excluding hydrogens is 408 g/mol. The van der Waals surface area contributed by atoms with E-state index >= 15 is 0 Å². The van der Waals surface area contributed by atoms with Gasteiger partial charge in [0, 0.05) is 20.0 Å². The molecule has 0 aromatic carbocycles. The van der Waals surface area contributed by atoms with Gasteiger partial charge < -0.3 is 14.3 Å². The summed E-state index contributed by atoms with van der Waals surface area (Å²) in [6, 6.07) is 2.77. The summed E-state index contributed by atoms with van der Waals surface area (Å²) in [4.78, 5) is 17.4. The van der Waals surface area contributed by atoms with Crippen molar-refractivity contribution >= 4 is 15.9 Å². The molecule has 2 aliphatic rings. The van der Waals surface area contributed by atoms with Gasteiger partial charge in [0.2, 0.25) is 11.0 Å². The molecule has 1 saturated heterocycles. The van der Waals surface area contributed by atoms with Gasteiger partial charge in [-0.3, -0.25) is 4.79 Å². The summed E-state index contributed by atoms with van der Waals surface area (Å²) in [5, 5.41) is 6.91. The van der Waals surface area contributed by atoms with Crippen molar-refractivity contribution < 1.29 is 22.2 Å². The van der Waals surface area contributed by atoms with Crippen LogP contribution in [0.2, 0.25) is 0 Å². The normalized spacial score (nSPS) is 20.6. The molecule has 9 nitrogen and oxygen atoms in total. The van der Waals surface area contributed by atoms with Gasteiger partial charge in [-0.1, -0.05) is 37.3 Å². The molecule has 2 aromatic heterocycles. The number of aryl methyl sites for hydroxylation is 1. The Kier molecular flexibility index (Phi) is 5.97. The van der Waals surface area contributed by atoms with E-state index in [0.717, 1.165) is 44.9 Å². The Bertz CT molecular complexity index is 983. The number of hydrogen-bond donors (Lipinski definition) is 1. The highest BCUT2D eigenvalue weighted by atomic mass is 32.2. The third-order valence-corrected chi connectivity index (χ3v) is 7.75. The standard InChI is InChI=1S/C20H28N4O5S/c1-15-21-19(23-29-15)20(11-5-2-3-6-12-20)22-18(25)16-9-10-17(28-16)30(26,27)24-13-7-4-8-14-24/h9-10H,2-8,11-14H2,1H3,(H,22,25). The monoisotopic (exact) mass is 436 g/mol. The van der Waals surface area contributed by atoms with E-state index in [-0.39, 0.29) is 10.9 Å². The quantitative estimate of drug-likeness (QED) is 0.715. The number of rotatable bonds is 5. The first kappa shape index (κ1) is 21.0. The zero-order valence-electron chi connectivity index (χ0n) is 17.2. The van der Waals surface area contributed by atoms with E-state index in [1.807, 2.05) is 0 Å². The maximum absolute atomic E-state index is 13.0. The van der Waals surface area contributed by atoms with E-state index < -0.39 is 21.5 Å². The first-order valence-corrected chi connectivity index (χ1v) is 12.1. The number of furan rings is 1. The van der Waals surface area contributed by atoms with Crippen LogP contribution in [-0.2, 0) is 15.6 Å². The van der Waals surface area contributed by atoms with Crippen molar-refractivity contribution in [1.82, 2.24) is 19.8 Å². The number of piperidine rings is 1. The summed E-state index contributed by atoms with van der Waals surface area (Å²) >= 11 is 0. The molecule has 0 radical (unpaired) electrons. The van der Waals surface area contributed by atoms with Crippen LogP contribution in [-0.4, -0.2) is 41.9 Å². The minimum atomic E-state index is -3.73. The van der Waals surface area contributed by atoms with Crippen molar-refractivity contribution in [1.29, 1.82) is 0 Å². The van der Waals surface area contributed by atoms with Crippen molar-refractivity contribution in [3.05, 3.63) is 29.6 Å². The van der Waals surface area contributed by atoms with Gasteiger partial charge in [0.25, 0.3) is 15.9 Å². The average Bonchev–Trinajstić information content (AvgIpc) is 3.35. The maximum atomic E-state index is 13.0. The lowest BCUT2D eigenvalue weighted by atomic mass is 9.89. The minimum Gasteiger partial charge on any atom is -0.438 e. The lowest BCUT2D eigenvalue weighted by molar-refractivity contribution is 0.0842. The summed E-state index contributed by atoms with van der Waals surface area (Å²) in [5.41, 5.74) is -0.746. The molecule has 1 amide bonds. The number of hydrogen-bond acceptors (Lipinski definition) is 7. The predicted octanol–water partition coefficient (Wildman–Crippen LogP) is 3.13. The van der Waals surface area contributed by atoms with Crippen LogP contribution in [0.15, 0.2) is 26.2 Å². The number of amides is 1. The molecular formula is C20H28N4O5S. The van der Waals surface area contributed by atoms with Gasteiger partial charge >= 0.3 is 0 Å². The molecule has 2 aromatic rings. The lowest BCUT2D eigenvalue weighted by Gasteiger charge is -2.30. The van der Waals surface area contributed by atoms with Crippen molar-refractivity contribution in [2.45, 2.75) is 75.3 Å². The second-order valence-corrected chi connectivity index (χ2v) is 10.0. The van der Waals surface area contributed by atoms with Crippen LogP contribution in [0.1, 0.15) is 80.1 Å². The number of nitrogens with zero attached hydrogens (tertiary/aromatic N) is 3. The van der Waals surface area contributed by atoms with E-state index in [9.17, 15) is 13.2 Å². The molecule has 1 saturated carbocycles. The first-order chi connectivity index (χ1) is 14.4. The Morgan fingerprint density at radius 1 is 1.07 bits per heavy atom. The highest BCUT2D eigenvalue weighted by Gasteiger charge is 2.40. The molecule has 0 spiro atoms. The van der Waals surface area contributed by atoms with Crippen LogP contribution in [0.4, 0.5) is 0 Å². The number of aromatic nitrogens is 2. The van der Waals surface area contributed by atoms with Crippen LogP contribution in [0.3, 0.4) is 0 Å². The van der Waals surface area contributed by atoms with Crippen molar-refractivity contribution in [3.8, 4) is 0 Å². The van der Waals surface area contributed by atoms with Crippen LogP contribution < -0.4 is 5.32 Å². The molecule has 164 valence electrons. The molecule has 0 bridgehead atoms. The third kappa shape index (κ3) is 4.15. The average molecular weight is 437 g/mol. The SMILES string of the molecule is Cc1nc(C2(NC(=O)c3ccc(S(=O)(=O)N4CCCCC4)o3)CCCCCC2)no1. The van der Waals surface area contributed by atoms with Gasteiger partial charge in [0.15, 0.2) is 11.6 Å². The summed E-state index contributed by atoms with van der Waals surface area (Å²) in [5.74, 6) is 0.396. The predicted molar refractivity (Wildman–Crippen MR) is 107 cm³/mol. The molecule has 0 unspecified atom stereocenters. The van der Waals surface area contributed by atoms with Crippen molar-refractivity contribution in [2.75, 3.05) is 13.1 Å². The Hall–Kier alpha value is -2.20. The van der Waals surface area contributed by atoms with Crippen molar-refractivity contribution in [2.24, 2.45) is 0 Å². The zero-order chi connectivity index (χ0) is 21.2. The second-order valence-electron chi connectivity index (χ2n) is 8.17. The molecule has 10 heteroatoms. The van der Waals surface area contributed by atoms with Crippen molar-refractivity contribution in [3.63, 3.8) is 0 Å². The highest BCUT2D eigenvalue weighted by molar-refractivity contribution is 7.89. The second kappa shape index (κ2) is 8.50. The first-order valence-electron chi connectivity index (χ1n) is 10.6. The van der Waals surface area contributed by atoms with E-state index in [1.165, 1.54) is 16.4 Å². The molecule has 2 fully saturated rings. The molecule has 1 aliphatic heterocycles. The van der Waals surface area contributed by atoms with Gasteiger partial charge in [-0.05, 0) is 37.8 Å². The fraction of sp³-hybridized carbons (Fsp3) is 0.650. The maximum Gasteiger partial charge on any atom is 0.287 e. The number of carbonyl (C=O) groups excluding carboxylic acids is 1. The van der Waals surface area contributed by atoms with E-state index in [1.54, 1.807) is 6.92 Å². The van der Waals surface area contributed by atoms with Crippen LogP contribution in [0.25, 0.3) is 0 Å². The Balaban J connectivity index is 1.56. The molecule has 1 aliphatic carbocycles. The van der Waals surface area contributed by atoms with Gasteiger partial charge in [-0.2, -0.15) is 9.29 Å². The lowest BCUT2D eigenvalue weighted by Crippen LogP contribution is -2.46. The van der Waals surface area contributed by atoms with Crippen LogP contribution in [0.5, 0.6) is 0 Å². The molecule has 0 atom stereocenters. The fourth-order valence-electron chi connectivity index (χ4n) is 4.32. The number of nitrogens with one attached hydrogen (secondary N) is 1. The zero-order valence-corrected chi connectivity index (χ0v) is 18.0. The summed E-state index contributed by atoms with van der Waals surface area (Å²) in [7, 11) is -3.73. The van der Waals surface area contributed by atoms with Gasteiger partial charge in [-0.25, -0.2) is 8.42 Å². The summed E-state index contributed by atoms with van der Waals surface area (Å²) in [6.45, 7) is 2.67. The van der Waals surface area contributed by atoms with Crippen LogP contribution >= 0.6 is 0 Å². The van der Waals surface area contributed by atoms with E-state index in [0.29, 0.717) is 37.6 Å². The molecule has 3 heterocycles. The van der Waals surface area contributed by atoms with Gasteiger partial charge in [0.05, 0.1) is 0 Å². The summed E-state index contributed by atoms with van der Waals surface area (Å²) in [6.07, 6.45) is 8.09. The van der Waals surface area contributed by atoms with E-state index in [4.69, 9.17) is 8.94 Å². The smallest absolute Gasteiger partial charge is 0.287 e. The Morgan fingerprint density at radius 3 is 2.37 bits per heavy atom. The van der Waals surface area contributed by atoms with E-state index in [2.05, 4.69) is 15.5 Å². The third-order valence-electron chi connectivity index (χ3n) is 5.98. The van der Waals surface area contributed by atoms with Gasteiger partial charge in [0.1, 0.15) is 5.54 Å². The number of sulfonamides is 1. The topological polar surface area (TPSA) is 119 Å². The fourth-order valence-corrected chi connectivity index (χ4v) is 5.75. The van der Waals surface area contributed by atoms with Crippen LogP contribution in [0, 0.1) is 6.92 Å². The Morgan fingerprint density at radius 2 is 1.73 bits per heavy atom. The number of carbonyl (C=O) groups is 1. The van der Waals surface area contributed by atoms with Gasteiger partial charge in [-0.15, -0.1) is 0 Å². The highest BCUT2D eigenvalue weighted by Crippen LogP contribution is 2.35.